The second-order valence-electron chi connectivity index (χ2n) is 9.63. The topological polar surface area (TPSA) is 52.6 Å². The van der Waals surface area contributed by atoms with Crippen LogP contribution in [0.25, 0.3) is 5.57 Å². The van der Waals surface area contributed by atoms with Crippen molar-refractivity contribution in [1.82, 2.24) is 0 Å². The summed E-state index contributed by atoms with van der Waals surface area (Å²) in [6.45, 7) is 8.23. The molecule has 3 aromatic carbocycles. The van der Waals surface area contributed by atoms with Crippen LogP contribution in [0.5, 0.6) is 5.75 Å². The molecule has 0 aliphatic heterocycles. The number of rotatable bonds is 7. The van der Waals surface area contributed by atoms with Crippen LogP contribution < -0.4 is 4.74 Å². The first kappa shape index (κ1) is 24.5. The summed E-state index contributed by atoms with van der Waals surface area (Å²) >= 11 is 0. The van der Waals surface area contributed by atoms with Crippen LogP contribution in [0.3, 0.4) is 0 Å². The van der Waals surface area contributed by atoms with Gasteiger partial charge in [0.2, 0.25) is 0 Å². The number of fused-ring (bicyclic) bond motifs is 1. The summed E-state index contributed by atoms with van der Waals surface area (Å²) in [5, 5.41) is 0. The number of Topliss-reactive ketones (excluding diaryl/α,β-unsaturated/α-hetero) is 1. The van der Waals surface area contributed by atoms with Gasteiger partial charge in [-0.2, -0.15) is 0 Å². The highest BCUT2D eigenvalue weighted by atomic mass is 16.5. The molecular weight excluding hydrogens is 436 g/mol. The van der Waals surface area contributed by atoms with E-state index in [1.54, 1.807) is 33.1 Å². The molecule has 1 atom stereocenters. The molecule has 3 aromatic rings. The Hall–Kier alpha value is -3.66. The summed E-state index contributed by atoms with van der Waals surface area (Å²) in [5.41, 5.74) is 6.99. The normalized spacial score (nSPS) is 14.9. The molecule has 0 aromatic heterocycles. The van der Waals surface area contributed by atoms with Crippen molar-refractivity contribution >= 4 is 17.3 Å². The zero-order valence-electron chi connectivity index (χ0n) is 21.1. The molecule has 35 heavy (non-hydrogen) atoms. The molecule has 4 nitrogen and oxygen atoms in total. The van der Waals surface area contributed by atoms with Gasteiger partial charge in [0.25, 0.3) is 0 Å². The Balaban J connectivity index is 1.77. The fourth-order valence-electron chi connectivity index (χ4n) is 4.86. The van der Waals surface area contributed by atoms with Crippen molar-refractivity contribution in [3.8, 4) is 5.75 Å². The maximum Gasteiger partial charge on any atom is 0.338 e. The van der Waals surface area contributed by atoms with Crippen LogP contribution in [0.4, 0.5) is 0 Å². The molecule has 0 fully saturated rings. The van der Waals surface area contributed by atoms with Crippen LogP contribution in [-0.2, 0) is 14.9 Å². The standard InChI is InChI=1S/C31H32O4/c1-6-35-30(33)23-9-7-22(8-10-23)29(20(2)32)24-13-16-28-27(19-24)26(17-18-31(28,3)4)21-11-14-25(34-5)15-12-21/h7-17,19,29H,6,18H2,1-5H3. The van der Waals surface area contributed by atoms with E-state index in [2.05, 4.69) is 50.3 Å². The van der Waals surface area contributed by atoms with Crippen LogP contribution in [-0.4, -0.2) is 25.5 Å². The molecule has 180 valence electrons. The number of allylic oxidation sites excluding steroid dienone is 1. The average Bonchev–Trinajstić information content (AvgIpc) is 2.85. The van der Waals surface area contributed by atoms with Gasteiger partial charge in [0.15, 0.2) is 0 Å². The first-order valence-electron chi connectivity index (χ1n) is 12.0. The van der Waals surface area contributed by atoms with Gasteiger partial charge in [-0.1, -0.05) is 56.3 Å². The van der Waals surface area contributed by atoms with E-state index in [0.29, 0.717) is 12.2 Å². The van der Waals surface area contributed by atoms with Gasteiger partial charge in [-0.05, 0) is 89.4 Å². The van der Waals surface area contributed by atoms with E-state index in [4.69, 9.17) is 9.47 Å². The first-order valence-corrected chi connectivity index (χ1v) is 12.0. The molecule has 1 aliphatic carbocycles. The third-order valence-electron chi connectivity index (χ3n) is 6.78. The van der Waals surface area contributed by atoms with E-state index in [0.717, 1.165) is 34.4 Å². The summed E-state index contributed by atoms with van der Waals surface area (Å²) in [7, 11) is 1.67. The summed E-state index contributed by atoms with van der Waals surface area (Å²) in [6, 6.07) is 21.7. The van der Waals surface area contributed by atoms with Gasteiger partial charge in [-0.3, -0.25) is 4.79 Å². The molecular formula is C31H32O4. The van der Waals surface area contributed by atoms with Gasteiger partial charge in [-0.25, -0.2) is 4.79 Å². The van der Waals surface area contributed by atoms with Gasteiger partial charge in [-0.15, -0.1) is 0 Å². The molecule has 1 unspecified atom stereocenters. The van der Waals surface area contributed by atoms with E-state index in [9.17, 15) is 9.59 Å². The lowest BCUT2D eigenvalue weighted by Crippen LogP contribution is -2.22. The van der Waals surface area contributed by atoms with Gasteiger partial charge in [0, 0.05) is 0 Å². The average molecular weight is 469 g/mol. The fourth-order valence-corrected chi connectivity index (χ4v) is 4.86. The first-order chi connectivity index (χ1) is 16.7. The molecule has 4 rings (SSSR count). The number of carbonyl (C=O) groups excluding carboxylic acids is 2. The van der Waals surface area contributed by atoms with E-state index >= 15 is 0 Å². The Kier molecular flexibility index (Phi) is 6.93. The largest absolute Gasteiger partial charge is 0.497 e. The molecule has 0 bridgehead atoms. The zero-order valence-corrected chi connectivity index (χ0v) is 21.1. The quantitative estimate of drug-likeness (QED) is 0.362. The molecule has 0 saturated carbocycles. The Bertz CT molecular complexity index is 1260. The third-order valence-corrected chi connectivity index (χ3v) is 6.78. The molecule has 0 radical (unpaired) electrons. The molecule has 4 heteroatoms. The van der Waals surface area contributed by atoms with Crippen LogP contribution in [0.1, 0.15) is 78.2 Å². The highest BCUT2D eigenvalue weighted by Crippen LogP contribution is 2.43. The second kappa shape index (κ2) is 9.91. The molecule has 0 heterocycles. The van der Waals surface area contributed by atoms with Crippen molar-refractivity contribution in [2.24, 2.45) is 0 Å². The number of esters is 1. The molecule has 0 N–H and O–H groups in total. The Morgan fingerprint density at radius 1 is 0.943 bits per heavy atom. The Morgan fingerprint density at radius 2 is 1.60 bits per heavy atom. The van der Waals surface area contributed by atoms with Crippen molar-refractivity contribution in [3.63, 3.8) is 0 Å². The van der Waals surface area contributed by atoms with Crippen LogP contribution >= 0.6 is 0 Å². The number of benzene rings is 3. The lowest BCUT2D eigenvalue weighted by molar-refractivity contribution is -0.117. The minimum absolute atomic E-state index is 0.00313. The molecule has 0 amide bonds. The van der Waals surface area contributed by atoms with Gasteiger partial charge < -0.3 is 9.47 Å². The summed E-state index contributed by atoms with van der Waals surface area (Å²) < 4.78 is 10.4. The van der Waals surface area contributed by atoms with Crippen LogP contribution in [0.2, 0.25) is 0 Å². The van der Waals surface area contributed by atoms with E-state index in [-0.39, 0.29) is 17.2 Å². The molecule has 0 saturated heterocycles. The van der Waals surface area contributed by atoms with Gasteiger partial charge in [0.1, 0.15) is 11.5 Å². The van der Waals surface area contributed by atoms with E-state index in [1.807, 2.05) is 24.3 Å². The SMILES string of the molecule is CCOC(=O)c1ccc(C(C(C)=O)c2ccc3c(c2)C(c2ccc(OC)cc2)=CCC3(C)C)cc1. The predicted molar refractivity (Wildman–Crippen MR) is 139 cm³/mol. The lowest BCUT2D eigenvalue weighted by atomic mass is 9.71. The number of methoxy groups -OCH3 is 1. The second-order valence-corrected chi connectivity index (χ2v) is 9.63. The third kappa shape index (κ3) is 4.93. The molecule has 1 aliphatic rings. The minimum Gasteiger partial charge on any atom is -0.497 e. The van der Waals surface area contributed by atoms with E-state index < -0.39 is 5.92 Å². The van der Waals surface area contributed by atoms with Crippen LogP contribution in [0, 0.1) is 0 Å². The number of hydrogen-bond acceptors (Lipinski definition) is 4. The van der Waals surface area contributed by atoms with Crippen LogP contribution in [0.15, 0.2) is 72.8 Å². The summed E-state index contributed by atoms with van der Waals surface area (Å²) in [5.74, 6) is 0.101. The van der Waals surface area contributed by atoms with Crippen molar-refractivity contribution in [2.45, 2.75) is 45.4 Å². The number of hydrogen-bond donors (Lipinski definition) is 0. The number of ether oxygens (including phenoxy) is 2. The Labute approximate surface area is 207 Å². The van der Waals surface area contributed by atoms with Crippen molar-refractivity contribution in [3.05, 3.63) is 106 Å². The monoisotopic (exact) mass is 468 g/mol. The highest BCUT2D eigenvalue weighted by Gasteiger charge is 2.30. The van der Waals surface area contributed by atoms with Gasteiger partial charge in [0.05, 0.1) is 25.2 Å². The van der Waals surface area contributed by atoms with Crippen molar-refractivity contribution in [2.75, 3.05) is 13.7 Å². The van der Waals surface area contributed by atoms with Gasteiger partial charge >= 0.3 is 5.97 Å². The maximum atomic E-state index is 12.9. The van der Waals surface area contributed by atoms with Crippen molar-refractivity contribution < 1.29 is 19.1 Å². The number of ketones is 1. The van der Waals surface area contributed by atoms with E-state index in [1.165, 1.54) is 11.1 Å². The minimum atomic E-state index is -0.418. The summed E-state index contributed by atoms with van der Waals surface area (Å²) in [6.07, 6.45) is 3.23. The highest BCUT2D eigenvalue weighted by molar-refractivity contribution is 5.91. The lowest BCUT2D eigenvalue weighted by Gasteiger charge is -2.33. The number of carbonyl (C=O) groups is 2. The van der Waals surface area contributed by atoms with Crippen molar-refractivity contribution in [1.29, 1.82) is 0 Å². The fraction of sp³-hybridized carbons (Fsp3) is 0.290. The predicted octanol–water partition coefficient (Wildman–Crippen LogP) is 6.71. The maximum absolute atomic E-state index is 12.9. The smallest absolute Gasteiger partial charge is 0.338 e. The summed E-state index contributed by atoms with van der Waals surface area (Å²) in [4.78, 5) is 24.9. The Morgan fingerprint density at radius 3 is 2.20 bits per heavy atom. The molecule has 0 spiro atoms. The zero-order chi connectivity index (χ0) is 25.2.